The maximum Gasteiger partial charge on any atom is 0.225 e. The van der Waals surface area contributed by atoms with Crippen molar-refractivity contribution < 1.29 is 13.6 Å². The number of hydrogen-bond acceptors (Lipinski definition) is 5. The van der Waals surface area contributed by atoms with Crippen LogP contribution in [0.4, 0.5) is 5.69 Å². The molecule has 4 rings (SSSR count). The van der Waals surface area contributed by atoms with Gasteiger partial charge in [0.25, 0.3) is 0 Å². The van der Waals surface area contributed by atoms with Crippen LogP contribution >= 0.6 is 11.8 Å². The summed E-state index contributed by atoms with van der Waals surface area (Å²) in [5, 5.41) is 3.59. The minimum absolute atomic E-state index is 0.0298. The predicted molar refractivity (Wildman–Crippen MR) is 104 cm³/mol. The molecular weight excluding hydrogens is 362 g/mol. The van der Waals surface area contributed by atoms with E-state index in [1.54, 1.807) is 12.5 Å². The quantitative estimate of drug-likeness (QED) is 0.439. The molecule has 6 nitrogen and oxygen atoms in total. The van der Waals surface area contributed by atoms with Gasteiger partial charge in [0, 0.05) is 17.9 Å². The van der Waals surface area contributed by atoms with E-state index in [2.05, 4.69) is 15.3 Å². The van der Waals surface area contributed by atoms with E-state index in [0.717, 1.165) is 11.4 Å². The second kappa shape index (κ2) is 8.01. The third-order valence-corrected chi connectivity index (χ3v) is 4.70. The molecule has 7 heteroatoms. The van der Waals surface area contributed by atoms with Gasteiger partial charge < -0.3 is 19.1 Å². The predicted octanol–water partition coefficient (Wildman–Crippen LogP) is 5.05. The van der Waals surface area contributed by atoms with Crippen LogP contribution in [0.1, 0.15) is 6.42 Å². The summed E-state index contributed by atoms with van der Waals surface area (Å²) in [5.74, 6) is 1.91. The summed E-state index contributed by atoms with van der Waals surface area (Å²) in [6, 6.07) is 16.8. The van der Waals surface area contributed by atoms with E-state index in [4.69, 9.17) is 8.83 Å². The molecule has 0 aliphatic carbocycles. The molecule has 3 heterocycles. The van der Waals surface area contributed by atoms with E-state index < -0.39 is 0 Å². The number of amides is 1. The topological polar surface area (TPSA) is 84.1 Å². The van der Waals surface area contributed by atoms with Gasteiger partial charge in [0.15, 0.2) is 16.7 Å². The van der Waals surface area contributed by atoms with Gasteiger partial charge in [-0.2, -0.15) is 0 Å². The van der Waals surface area contributed by atoms with Gasteiger partial charge in [-0.05, 0) is 36.4 Å². The van der Waals surface area contributed by atoms with Gasteiger partial charge in [-0.25, -0.2) is 4.98 Å². The first kappa shape index (κ1) is 17.2. The number of nitrogens with zero attached hydrogens (tertiary/aromatic N) is 1. The van der Waals surface area contributed by atoms with Crippen molar-refractivity contribution in [3.63, 3.8) is 0 Å². The van der Waals surface area contributed by atoms with Crippen LogP contribution in [0.2, 0.25) is 0 Å². The highest BCUT2D eigenvalue weighted by Gasteiger charge is 2.18. The molecular formula is C20H17N3O3S. The number of rotatable bonds is 7. The number of aromatic amines is 1. The number of thioether (sulfide) groups is 1. The van der Waals surface area contributed by atoms with E-state index in [0.29, 0.717) is 34.5 Å². The Hall–Kier alpha value is -3.19. The molecule has 0 bridgehead atoms. The molecule has 0 atom stereocenters. The zero-order valence-electron chi connectivity index (χ0n) is 14.3. The van der Waals surface area contributed by atoms with Crippen LogP contribution in [0.25, 0.3) is 22.9 Å². The zero-order chi connectivity index (χ0) is 18.5. The SMILES string of the molecule is O=C(CCSc1nc(-c2ccco2)c(-c2ccco2)[nH]1)Nc1ccccc1. The van der Waals surface area contributed by atoms with Crippen molar-refractivity contribution in [2.75, 3.05) is 11.1 Å². The summed E-state index contributed by atoms with van der Waals surface area (Å²) in [6.45, 7) is 0. The number of para-hydroxylation sites is 1. The van der Waals surface area contributed by atoms with E-state index in [1.165, 1.54) is 11.8 Å². The molecule has 27 heavy (non-hydrogen) atoms. The van der Waals surface area contributed by atoms with Crippen molar-refractivity contribution in [1.82, 2.24) is 9.97 Å². The van der Waals surface area contributed by atoms with Crippen LogP contribution < -0.4 is 5.32 Å². The van der Waals surface area contributed by atoms with E-state index in [9.17, 15) is 4.79 Å². The van der Waals surface area contributed by atoms with Crippen molar-refractivity contribution in [2.24, 2.45) is 0 Å². The highest BCUT2D eigenvalue weighted by atomic mass is 32.2. The van der Waals surface area contributed by atoms with Crippen LogP contribution in [-0.2, 0) is 4.79 Å². The van der Waals surface area contributed by atoms with Crippen molar-refractivity contribution in [3.8, 4) is 22.9 Å². The number of imidazole rings is 1. The molecule has 0 saturated carbocycles. The Morgan fingerprint density at radius 3 is 2.44 bits per heavy atom. The van der Waals surface area contributed by atoms with Crippen molar-refractivity contribution >= 4 is 23.4 Å². The summed E-state index contributed by atoms with van der Waals surface area (Å²) < 4.78 is 11.0. The number of furan rings is 2. The molecule has 0 aliphatic heterocycles. The third-order valence-electron chi connectivity index (χ3n) is 3.83. The number of anilines is 1. The number of nitrogens with one attached hydrogen (secondary N) is 2. The summed E-state index contributed by atoms with van der Waals surface area (Å²) in [5.41, 5.74) is 2.24. The highest BCUT2D eigenvalue weighted by molar-refractivity contribution is 7.99. The lowest BCUT2D eigenvalue weighted by Gasteiger charge is -2.03. The molecule has 2 N–H and O–H groups in total. The van der Waals surface area contributed by atoms with Crippen LogP contribution in [0, 0.1) is 0 Å². The monoisotopic (exact) mass is 379 g/mol. The number of aromatic nitrogens is 2. The molecule has 0 fully saturated rings. The molecule has 1 amide bonds. The fraction of sp³-hybridized carbons (Fsp3) is 0.100. The van der Waals surface area contributed by atoms with Gasteiger partial charge in [-0.3, -0.25) is 4.79 Å². The molecule has 0 saturated heterocycles. The number of hydrogen-bond donors (Lipinski definition) is 2. The summed E-state index contributed by atoms with van der Waals surface area (Å²) in [4.78, 5) is 19.9. The molecule has 1 aromatic carbocycles. The van der Waals surface area contributed by atoms with Crippen LogP contribution in [-0.4, -0.2) is 21.6 Å². The zero-order valence-corrected chi connectivity index (χ0v) is 15.2. The first-order chi connectivity index (χ1) is 13.3. The fourth-order valence-corrected chi connectivity index (χ4v) is 3.41. The second-order valence-electron chi connectivity index (χ2n) is 5.73. The molecule has 3 aromatic heterocycles. The average molecular weight is 379 g/mol. The minimum Gasteiger partial charge on any atom is -0.463 e. The van der Waals surface area contributed by atoms with Gasteiger partial charge in [0.05, 0.1) is 12.5 Å². The molecule has 0 aliphatic rings. The van der Waals surface area contributed by atoms with Gasteiger partial charge in [-0.1, -0.05) is 30.0 Å². The lowest BCUT2D eigenvalue weighted by molar-refractivity contribution is -0.115. The molecule has 4 aromatic rings. The van der Waals surface area contributed by atoms with Crippen molar-refractivity contribution in [1.29, 1.82) is 0 Å². The van der Waals surface area contributed by atoms with Crippen LogP contribution in [0.3, 0.4) is 0 Å². The third kappa shape index (κ3) is 4.15. The van der Waals surface area contributed by atoms with E-state index in [-0.39, 0.29) is 5.91 Å². The maximum absolute atomic E-state index is 12.1. The lowest BCUT2D eigenvalue weighted by atomic mass is 10.2. The maximum atomic E-state index is 12.1. The normalized spacial score (nSPS) is 10.8. The van der Waals surface area contributed by atoms with Crippen LogP contribution in [0.5, 0.6) is 0 Å². The molecule has 0 radical (unpaired) electrons. The van der Waals surface area contributed by atoms with Crippen molar-refractivity contribution in [2.45, 2.75) is 11.6 Å². The average Bonchev–Trinajstić information content (AvgIpc) is 3.43. The standard InChI is InChI=1S/C20H17N3O3S/c24-17(21-14-6-2-1-3-7-14)10-13-27-20-22-18(15-8-4-11-25-15)19(23-20)16-9-5-12-26-16/h1-9,11-12H,10,13H2,(H,21,24)(H,22,23). The first-order valence-corrected chi connectivity index (χ1v) is 9.43. The van der Waals surface area contributed by atoms with E-state index in [1.807, 2.05) is 54.6 Å². The van der Waals surface area contributed by atoms with Gasteiger partial charge in [0.1, 0.15) is 11.4 Å². The first-order valence-electron chi connectivity index (χ1n) is 8.45. The Balaban J connectivity index is 1.42. The Bertz CT molecular complexity index is 941. The Labute approximate surface area is 160 Å². The largest absolute Gasteiger partial charge is 0.463 e. The Morgan fingerprint density at radius 2 is 1.74 bits per heavy atom. The minimum atomic E-state index is -0.0298. The smallest absolute Gasteiger partial charge is 0.225 e. The molecule has 0 spiro atoms. The Morgan fingerprint density at radius 1 is 1.00 bits per heavy atom. The number of H-pyrrole nitrogens is 1. The van der Waals surface area contributed by atoms with Gasteiger partial charge in [-0.15, -0.1) is 0 Å². The summed E-state index contributed by atoms with van der Waals surface area (Å²) in [6.07, 6.45) is 3.60. The second-order valence-corrected chi connectivity index (χ2v) is 6.82. The summed E-state index contributed by atoms with van der Waals surface area (Å²) in [7, 11) is 0. The Kier molecular flexibility index (Phi) is 5.11. The lowest BCUT2D eigenvalue weighted by Crippen LogP contribution is -2.11. The van der Waals surface area contributed by atoms with Crippen molar-refractivity contribution in [3.05, 3.63) is 67.1 Å². The number of carbonyl (C=O) groups is 1. The number of carbonyl (C=O) groups excluding carboxylic acids is 1. The summed E-state index contributed by atoms with van der Waals surface area (Å²) >= 11 is 1.48. The van der Waals surface area contributed by atoms with Gasteiger partial charge >= 0.3 is 0 Å². The van der Waals surface area contributed by atoms with E-state index >= 15 is 0 Å². The number of benzene rings is 1. The fourth-order valence-electron chi connectivity index (χ4n) is 2.60. The highest BCUT2D eigenvalue weighted by Crippen LogP contribution is 2.33. The molecule has 136 valence electrons. The molecule has 0 unspecified atom stereocenters. The van der Waals surface area contributed by atoms with Gasteiger partial charge in [0.2, 0.25) is 5.91 Å². The van der Waals surface area contributed by atoms with Crippen LogP contribution in [0.15, 0.2) is 81.1 Å².